The summed E-state index contributed by atoms with van der Waals surface area (Å²) in [5.41, 5.74) is 2.98. The van der Waals surface area contributed by atoms with Crippen molar-refractivity contribution in [1.82, 2.24) is 15.3 Å². The molecule has 3 rings (SSSR count). The van der Waals surface area contributed by atoms with E-state index >= 15 is 0 Å². The third kappa shape index (κ3) is 7.22. The smallest absolute Gasteiger partial charge is 0.264 e. The number of thiocarbonyl (C=S) groups is 1. The molecule has 0 bridgehead atoms. The zero-order valence-corrected chi connectivity index (χ0v) is 20.6. The Hall–Kier alpha value is -3.57. The fourth-order valence-corrected chi connectivity index (χ4v) is 4.14. The van der Waals surface area contributed by atoms with E-state index in [2.05, 4.69) is 32.2 Å². The number of anilines is 2. The third-order valence-corrected chi connectivity index (χ3v) is 6.13. The molecule has 178 valence electrons. The van der Waals surface area contributed by atoms with Crippen molar-refractivity contribution in [2.45, 2.75) is 32.1 Å². The fourth-order valence-electron chi connectivity index (χ4n) is 2.96. The van der Waals surface area contributed by atoms with Gasteiger partial charge in [-0.1, -0.05) is 19.1 Å². The van der Waals surface area contributed by atoms with Crippen LogP contribution in [-0.2, 0) is 21.2 Å². The van der Waals surface area contributed by atoms with Gasteiger partial charge < -0.3 is 10.1 Å². The number of hydrogen-bond acceptors (Lipinski definition) is 7. The lowest BCUT2D eigenvalue weighted by Crippen LogP contribution is -2.37. The quantitative estimate of drug-likeness (QED) is 0.404. The normalized spacial score (nSPS) is 10.9. The van der Waals surface area contributed by atoms with E-state index in [1.165, 1.54) is 29.8 Å². The molecule has 3 aromatic rings. The second-order valence-electron chi connectivity index (χ2n) is 7.39. The van der Waals surface area contributed by atoms with Gasteiger partial charge in [0.1, 0.15) is 5.75 Å². The van der Waals surface area contributed by atoms with Gasteiger partial charge in [0.2, 0.25) is 5.95 Å². The number of aryl methyl sites for hydroxylation is 3. The summed E-state index contributed by atoms with van der Waals surface area (Å²) in [4.78, 5) is 20.3. The first-order valence-corrected chi connectivity index (χ1v) is 12.3. The summed E-state index contributed by atoms with van der Waals surface area (Å²) in [5.74, 6) is 0.170. The van der Waals surface area contributed by atoms with E-state index in [1.807, 2.05) is 12.1 Å². The number of aromatic nitrogens is 2. The van der Waals surface area contributed by atoms with E-state index < -0.39 is 15.9 Å². The van der Waals surface area contributed by atoms with Crippen LogP contribution in [0.4, 0.5) is 11.6 Å². The maximum Gasteiger partial charge on any atom is 0.264 e. The number of rotatable bonds is 8. The van der Waals surface area contributed by atoms with Gasteiger partial charge in [-0.05, 0) is 80.5 Å². The van der Waals surface area contributed by atoms with Gasteiger partial charge in [-0.3, -0.25) is 10.1 Å². The summed E-state index contributed by atoms with van der Waals surface area (Å²) in [6.45, 7) is 5.37. The van der Waals surface area contributed by atoms with Crippen LogP contribution in [0.2, 0.25) is 0 Å². The van der Waals surface area contributed by atoms with Crippen molar-refractivity contribution in [3.05, 3.63) is 71.5 Å². The molecule has 2 aromatic carbocycles. The lowest BCUT2D eigenvalue weighted by atomic mass is 10.2. The van der Waals surface area contributed by atoms with Gasteiger partial charge in [0.15, 0.2) is 11.7 Å². The highest BCUT2D eigenvalue weighted by Crippen LogP contribution is 2.17. The average molecular weight is 500 g/mol. The molecular formula is C23H25N5O4S2. The summed E-state index contributed by atoms with van der Waals surface area (Å²) < 4.78 is 33.1. The van der Waals surface area contributed by atoms with E-state index in [4.69, 9.17) is 17.0 Å². The van der Waals surface area contributed by atoms with Crippen molar-refractivity contribution in [3.8, 4) is 5.75 Å². The minimum absolute atomic E-state index is 0.00659. The Morgan fingerprint density at radius 2 is 1.62 bits per heavy atom. The predicted molar refractivity (Wildman–Crippen MR) is 134 cm³/mol. The van der Waals surface area contributed by atoms with Gasteiger partial charge in [-0.15, -0.1) is 0 Å². The highest BCUT2D eigenvalue weighted by Gasteiger charge is 2.16. The molecule has 1 aromatic heterocycles. The fraction of sp³-hybridized carbons (Fsp3) is 0.217. The Morgan fingerprint density at radius 1 is 1.00 bits per heavy atom. The number of hydrogen-bond donors (Lipinski definition) is 3. The van der Waals surface area contributed by atoms with Gasteiger partial charge in [0, 0.05) is 17.1 Å². The molecule has 0 aliphatic carbocycles. The second kappa shape index (κ2) is 11.0. The largest absolute Gasteiger partial charge is 0.484 e. The van der Waals surface area contributed by atoms with Crippen LogP contribution in [0.3, 0.4) is 0 Å². The molecule has 0 saturated carbocycles. The molecule has 3 N–H and O–H groups in total. The van der Waals surface area contributed by atoms with Crippen LogP contribution in [0.1, 0.15) is 23.9 Å². The van der Waals surface area contributed by atoms with Crippen molar-refractivity contribution in [3.63, 3.8) is 0 Å². The van der Waals surface area contributed by atoms with Gasteiger partial charge in [0.05, 0.1) is 4.90 Å². The molecule has 0 fully saturated rings. The van der Waals surface area contributed by atoms with Crippen molar-refractivity contribution in [2.75, 3.05) is 16.6 Å². The third-order valence-electron chi connectivity index (χ3n) is 4.58. The van der Waals surface area contributed by atoms with E-state index in [1.54, 1.807) is 32.0 Å². The van der Waals surface area contributed by atoms with E-state index in [-0.39, 0.29) is 22.6 Å². The van der Waals surface area contributed by atoms with Crippen LogP contribution in [0, 0.1) is 13.8 Å². The summed E-state index contributed by atoms with van der Waals surface area (Å²) in [6.07, 6.45) is 0.922. The van der Waals surface area contributed by atoms with E-state index in [9.17, 15) is 13.2 Å². The zero-order chi connectivity index (χ0) is 24.7. The number of carbonyl (C=O) groups excluding carboxylic acids is 1. The molecule has 0 radical (unpaired) electrons. The molecule has 0 aliphatic rings. The number of benzene rings is 2. The van der Waals surface area contributed by atoms with Crippen LogP contribution < -0.4 is 20.1 Å². The topological polar surface area (TPSA) is 122 Å². The molecule has 1 heterocycles. The standard InChI is InChI=1S/C23H25N5O4S2/c1-4-17-5-9-19(10-6-17)32-14-21(29)27-23(33)26-18-7-11-20(12-8-18)34(30,31)28-22-24-15(2)13-16(3)25-22/h5-13H,4,14H2,1-3H3,(H,24,25,28)(H2,26,27,29,33). The zero-order valence-electron chi connectivity index (χ0n) is 19.0. The Morgan fingerprint density at radius 3 is 2.21 bits per heavy atom. The first-order valence-electron chi connectivity index (χ1n) is 10.4. The lowest BCUT2D eigenvalue weighted by molar-refractivity contribution is -0.121. The Kier molecular flexibility index (Phi) is 8.13. The van der Waals surface area contributed by atoms with Crippen LogP contribution >= 0.6 is 12.2 Å². The molecule has 0 aliphatic heterocycles. The van der Waals surface area contributed by atoms with Crippen molar-refractivity contribution in [1.29, 1.82) is 0 Å². The number of carbonyl (C=O) groups is 1. The molecule has 0 saturated heterocycles. The molecule has 1 amide bonds. The SMILES string of the molecule is CCc1ccc(OCC(=O)NC(=S)Nc2ccc(S(=O)(=O)Nc3nc(C)cc(C)n3)cc2)cc1. The number of ether oxygens (including phenoxy) is 1. The number of sulfonamides is 1. The first-order chi connectivity index (χ1) is 16.1. The maximum absolute atomic E-state index is 12.6. The van der Waals surface area contributed by atoms with Gasteiger partial charge in [-0.2, -0.15) is 0 Å². The number of nitrogens with one attached hydrogen (secondary N) is 3. The molecule has 9 nitrogen and oxygen atoms in total. The molecule has 0 spiro atoms. The molecule has 34 heavy (non-hydrogen) atoms. The Bertz CT molecular complexity index is 1260. The number of nitrogens with zero attached hydrogens (tertiary/aromatic N) is 2. The molecular weight excluding hydrogens is 474 g/mol. The van der Waals surface area contributed by atoms with Crippen LogP contribution in [-0.4, -0.2) is 36.0 Å². The van der Waals surface area contributed by atoms with E-state index in [0.29, 0.717) is 22.8 Å². The molecule has 11 heteroatoms. The van der Waals surface area contributed by atoms with Gasteiger partial charge in [0.25, 0.3) is 15.9 Å². The Labute approximate surface area is 204 Å². The van der Waals surface area contributed by atoms with Crippen molar-refractivity contribution < 1.29 is 17.9 Å². The summed E-state index contributed by atoms with van der Waals surface area (Å²) >= 11 is 5.15. The van der Waals surface area contributed by atoms with E-state index in [0.717, 1.165) is 6.42 Å². The summed E-state index contributed by atoms with van der Waals surface area (Å²) in [7, 11) is -3.87. The van der Waals surface area contributed by atoms with Crippen molar-refractivity contribution >= 4 is 44.9 Å². The monoisotopic (exact) mass is 499 g/mol. The predicted octanol–water partition coefficient (Wildman–Crippen LogP) is 3.35. The second-order valence-corrected chi connectivity index (χ2v) is 9.48. The summed E-state index contributed by atoms with van der Waals surface area (Å²) in [5, 5.41) is 5.41. The highest BCUT2D eigenvalue weighted by molar-refractivity contribution is 7.92. The minimum atomic E-state index is -3.87. The minimum Gasteiger partial charge on any atom is -0.484 e. The highest BCUT2D eigenvalue weighted by atomic mass is 32.2. The van der Waals surface area contributed by atoms with Gasteiger partial charge >= 0.3 is 0 Å². The molecule has 0 atom stereocenters. The number of amides is 1. The first kappa shape index (κ1) is 25.1. The summed E-state index contributed by atoms with van der Waals surface area (Å²) in [6, 6.07) is 15.1. The van der Waals surface area contributed by atoms with Crippen molar-refractivity contribution in [2.24, 2.45) is 0 Å². The van der Waals surface area contributed by atoms with Crippen LogP contribution in [0.5, 0.6) is 5.75 Å². The van der Waals surface area contributed by atoms with Crippen LogP contribution in [0.15, 0.2) is 59.5 Å². The lowest BCUT2D eigenvalue weighted by Gasteiger charge is -2.12. The Balaban J connectivity index is 1.52. The maximum atomic E-state index is 12.6. The van der Waals surface area contributed by atoms with Gasteiger partial charge in [-0.25, -0.2) is 23.1 Å². The average Bonchev–Trinajstić information content (AvgIpc) is 2.77. The van der Waals surface area contributed by atoms with Crippen LogP contribution in [0.25, 0.3) is 0 Å². The molecule has 0 unspecified atom stereocenters.